The zero-order valence-electron chi connectivity index (χ0n) is 15.8. The van der Waals surface area contributed by atoms with Crippen molar-refractivity contribution in [2.45, 2.75) is 57.9 Å². The molecule has 0 aromatic carbocycles. The average molecular weight is 372 g/mol. The molecule has 1 aliphatic carbocycles. The van der Waals surface area contributed by atoms with E-state index < -0.39 is 17.7 Å². The molecule has 27 heavy (non-hydrogen) atoms. The van der Waals surface area contributed by atoms with Gasteiger partial charge in [0.15, 0.2) is 0 Å². The van der Waals surface area contributed by atoms with Crippen LogP contribution in [-0.4, -0.2) is 40.2 Å². The monoisotopic (exact) mass is 372 g/mol. The number of hydrogen-bond donors (Lipinski definition) is 2. The molecule has 7 heteroatoms. The first kappa shape index (κ1) is 19.3. The molecule has 2 aliphatic rings. The number of primary amides is 1. The van der Waals surface area contributed by atoms with Gasteiger partial charge in [-0.2, -0.15) is 0 Å². The first-order valence-corrected chi connectivity index (χ1v) is 9.82. The molecule has 1 aliphatic heterocycles. The molecule has 3 rings (SSSR count). The minimum Gasteiger partial charge on any atom is -0.366 e. The number of nitrogens with zero attached hydrogens (tertiary/aromatic N) is 2. The number of rotatable bonds is 3. The minimum atomic E-state index is -0.687. The Morgan fingerprint density at radius 3 is 2.56 bits per heavy atom. The summed E-state index contributed by atoms with van der Waals surface area (Å²) in [5.74, 6) is -0.939. The molecular formula is C20H28N4O3. The molecule has 0 bridgehead atoms. The van der Waals surface area contributed by atoms with E-state index in [1.54, 1.807) is 4.90 Å². The molecule has 3 amide bonds. The number of carbonyl (C=O) groups is 3. The first-order chi connectivity index (χ1) is 13.0. The fraction of sp³-hybridized carbons (Fsp3) is 0.600. The summed E-state index contributed by atoms with van der Waals surface area (Å²) in [6.45, 7) is 2.74. The first-order valence-electron chi connectivity index (χ1n) is 9.82. The summed E-state index contributed by atoms with van der Waals surface area (Å²) in [6, 6.07) is 1.58. The maximum absolute atomic E-state index is 12.9. The zero-order chi connectivity index (χ0) is 19.4. The van der Waals surface area contributed by atoms with Crippen LogP contribution in [0.25, 0.3) is 0 Å². The SMILES string of the molecule is C[C@@H]1CC[C@@H](C2CCCCC2)N(C(=O)C(=O)Nc2cncc(C(N)=O)c2)C1. The van der Waals surface area contributed by atoms with Crippen LogP contribution in [0.5, 0.6) is 0 Å². The molecular weight excluding hydrogens is 344 g/mol. The maximum atomic E-state index is 12.9. The number of aromatic nitrogens is 1. The van der Waals surface area contributed by atoms with Crippen LogP contribution in [0.2, 0.25) is 0 Å². The highest BCUT2D eigenvalue weighted by Crippen LogP contribution is 2.35. The third-order valence-corrected chi connectivity index (χ3v) is 5.79. The van der Waals surface area contributed by atoms with Crippen molar-refractivity contribution in [3.8, 4) is 0 Å². The predicted molar refractivity (Wildman–Crippen MR) is 102 cm³/mol. The summed E-state index contributed by atoms with van der Waals surface area (Å²) in [4.78, 5) is 42.4. The Morgan fingerprint density at radius 2 is 1.85 bits per heavy atom. The molecule has 1 aromatic heterocycles. The molecule has 2 fully saturated rings. The van der Waals surface area contributed by atoms with Gasteiger partial charge < -0.3 is 16.0 Å². The number of pyridine rings is 1. The number of anilines is 1. The van der Waals surface area contributed by atoms with Gasteiger partial charge in [-0.05, 0) is 43.6 Å². The van der Waals surface area contributed by atoms with Gasteiger partial charge in [0.2, 0.25) is 5.91 Å². The summed E-state index contributed by atoms with van der Waals surface area (Å²) in [6.07, 6.45) is 10.7. The number of likely N-dealkylation sites (tertiary alicyclic amines) is 1. The van der Waals surface area contributed by atoms with Crippen molar-refractivity contribution in [1.82, 2.24) is 9.88 Å². The van der Waals surface area contributed by atoms with Crippen molar-refractivity contribution >= 4 is 23.4 Å². The van der Waals surface area contributed by atoms with Gasteiger partial charge in [0.1, 0.15) is 0 Å². The summed E-state index contributed by atoms with van der Waals surface area (Å²) in [5.41, 5.74) is 5.72. The Kier molecular flexibility index (Phi) is 6.08. The van der Waals surface area contributed by atoms with E-state index in [-0.39, 0.29) is 11.6 Å². The third-order valence-electron chi connectivity index (χ3n) is 5.79. The molecule has 1 saturated heterocycles. The second kappa shape index (κ2) is 8.50. The number of hydrogen-bond acceptors (Lipinski definition) is 4. The lowest BCUT2D eigenvalue weighted by atomic mass is 9.78. The molecule has 1 aromatic rings. The van der Waals surface area contributed by atoms with Crippen molar-refractivity contribution in [1.29, 1.82) is 0 Å². The highest BCUT2D eigenvalue weighted by Gasteiger charge is 2.37. The lowest BCUT2D eigenvalue weighted by molar-refractivity contribution is -0.147. The van der Waals surface area contributed by atoms with Crippen molar-refractivity contribution < 1.29 is 14.4 Å². The van der Waals surface area contributed by atoms with Gasteiger partial charge in [-0.3, -0.25) is 19.4 Å². The van der Waals surface area contributed by atoms with Crippen LogP contribution in [0.15, 0.2) is 18.5 Å². The maximum Gasteiger partial charge on any atom is 0.313 e. The highest BCUT2D eigenvalue weighted by molar-refractivity contribution is 6.39. The van der Waals surface area contributed by atoms with E-state index >= 15 is 0 Å². The Hall–Kier alpha value is -2.44. The van der Waals surface area contributed by atoms with E-state index in [1.165, 1.54) is 37.7 Å². The second-order valence-corrected chi connectivity index (χ2v) is 7.89. The van der Waals surface area contributed by atoms with E-state index in [4.69, 9.17) is 5.73 Å². The Labute approximate surface area is 159 Å². The molecule has 2 atom stereocenters. The van der Waals surface area contributed by atoms with E-state index in [0.29, 0.717) is 24.1 Å². The van der Waals surface area contributed by atoms with Gasteiger partial charge in [0.25, 0.3) is 0 Å². The molecule has 0 spiro atoms. The topological polar surface area (TPSA) is 105 Å². The Bertz CT molecular complexity index is 715. The van der Waals surface area contributed by atoms with Gasteiger partial charge in [0, 0.05) is 18.8 Å². The van der Waals surface area contributed by atoms with E-state index in [2.05, 4.69) is 17.2 Å². The van der Waals surface area contributed by atoms with Crippen molar-refractivity contribution in [2.24, 2.45) is 17.6 Å². The second-order valence-electron chi connectivity index (χ2n) is 7.89. The van der Waals surface area contributed by atoms with E-state index in [1.807, 2.05) is 0 Å². The van der Waals surface area contributed by atoms with Crippen LogP contribution in [0, 0.1) is 11.8 Å². The summed E-state index contributed by atoms with van der Waals surface area (Å²) >= 11 is 0. The van der Waals surface area contributed by atoms with Crippen LogP contribution in [0.1, 0.15) is 62.2 Å². The van der Waals surface area contributed by atoms with E-state index in [9.17, 15) is 14.4 Å². The quantitative estimate of drug-likeness (QED) is 0.794. The molecule has 1 saturated carbocycles. The number of nitrogens with one attached hydrogen (secondary N) is 1. The van der Waals surface area contributed by atoms with E-state index in [0.717, 1.165) is 25.7 Å². The van der Waals surface area contributed by atoms with Crippen LogP contribution >= 0.6 is 0 Å². The average Bonchev–Trinajstić information content (AvgIpc) is 2.68. The van der Waals surface area contributed by atoms with Crippen LogP contribution < -0.4 is 11.1 Å². The minimum absolute atomic E-state index is 0.148. The van der Waals surface area contributed by atoms with Crippen molar-refractivity contribution in [3.05, 3.63) is 24.0 Å². The fourth-order valence-electron chi connectivity index (χ4n) is 4.37. The summed E-state index contributed by atoms with van der Waals surface area (Å²) < 4.78 is 0. The normalized spacial score (nSPS) is 23.7. The van der Waals surface area contributed by atoms with Crippen LogP contribution in [0.4, 0.5) is 5.69 Å². The Balaban J connectivity index is 1.71. The van der Waals surface area contributed by atoms with Gasteiger partial charge in [-0.15, -0.1) is 0 Å². The number of carbonyl (C=O) groups excluding carboxylic acids is 3. The molecule has 2 heterocycles. The third kappa shape index (κ3) is 4.64. The van der Waals surface area contributed by atoms with Gasteiger partial charge in [0.05, 0.1) is 17.4 Å². The molecule has 0 radical (unpaired) electrons. The van der Waals surface area contributed by atoms with Crippen LogP contribution in [0.3, 0.4) is 0 Å². The van der Waals surface area contributed by atoms with Gasteiger partial charge in [-0.25, -0.2) is 0 Å². The number of piperidine rings is 1. The van der Waals surface area contributed by atoms with Gasteiger partial charge in [-0.1, -0.05) is 26.2 Å². The number of nitrogens with two attached hydrogens (primary N) is 1. The lowest BCUT2D eigenvalue weighted by Gasteiger charge is -2.43. The fourth-order valence-corrected chi connectivity index (χ4v) is 4.37. The summed E-state index contributed by atoms with van der Waals surface area (Å²) in [7, 11) is 0. The standard InChI is InChI=1S/C20H28N4O3/c1-13-7-8-17(14-5-3-2-4-6-14)24(12-13)20(27)19(26)23-16-9-15(18(21)25)10-22-11-16/h9-11,13-14,17H,2-8,12H2,1H3,(H2,21,25)(H,23,26)/t13-,17+/m1/s1. The molecule has 3 N–H and O–H groups in total. The predicted octanol–water partition coefficient (Wildman–Crippen LogP) is 2.33. The Morgan fingerprint density at radius 1 is 1.11 bits per heavy atom. The largest absolute Gasteiger partial charge is 0.366 e. The number of amides is 3. The lowest BCUT2D eigenvalue weighted by Crippen LogP contribution is -2.53. The molecule has 7 nitrogen and oxygen atoms in total. The smallest absolute Gasteiger partial charge is 0.313 e. The highest BCUT2D eigenvalue weighted by atomic mass is 16.2. The van der Waals surface area contributed by atoms with Crippen molar-refractivity contribution in [3.63, 3.8) is 0 Å². The van der Waals surface area contributed by atoms with Gasteiger partial charge >= 0.3 is 11.8 Å². The zero-order valence-corrected chi connectivity index (χ0v) is 15.8. The molecule has 0 unspecified atom stereocenters. The summed E-state index contributed by atoms with van der Waals surface area (Å²) in [5, 5.41) is 2.57. The molecule has 146 valence electrons. The van der Waals surface area contributed by atoms with Crippen molar-refractivity contribution in [2.75, 3.05) is 11.9 Å². The van der Waals surface area contributed by atoms with Crippen LogP contribution in [-0.2, 0) is 9.59 Å².